The summed E-state index contributed by atoms with van der Waals surface area (Å²) in [5.41, 5.74) is -1.03. The Kier molecular flexibility index (Phi) is 5.07. The standard InChI is InChI=1S/C12H17ClF3N3O/c1-5-18(6-2)11(20)8(4)19-7(3)9(13)10(17-19)12(14,15)16/h8H,5-6H2,1-4H3. The fourth-order valence-electron chi connectivity index (χ4n) is 1.96. The molecule has 0 bridgehead atoms. The molecule has 8 heteroatoms. The van der Waals surface area contributed by atoms with E-state index in [4.69, 9.17) is 11.6 Å². The number of carbonyl (C=O) groups is 1. The normalized spacial score (nSPS) is 13.4. The van der Waals surface area contributed by atoms with Gasteiger partial charge in [0.25, 0.3) is 0 Å². The van der Waals surface area contributed by atoms with Crippen LogP contribution in [0.4, 0.5) is 13.2 Å². The van der Waals surface area contributed by atoms with E-state index in [1.54, 1.807) is 13.8 Å². The first-order valence-electron chi connectivity index (χ1n) is 6.25. The number of rotatable bonds is 4. The van der Waals surface area contributed by atoms with E-state index < -0.39 is 22.9 Å². The lowest BCUT2D eigenvalue weighted by Gasteiger charge is -2.23. The number of alkyl halides is 3. The van der Waals surface area contributed by atoms with Gasteiger partial charge in [0, 0.05) is 13.1 Å². The lowest BCUT2D eigenvalue weighted by atomic mass is 10.2. The minimum absolute atomic E-state index is 0.131. The Bertz CT molecular complexity index is 495. The molecular weight excluding hydrogens is 295 g/mol. The van der Waals surface area contributed by atoms with E-state index in [9.17, 15) is 18.0 Å². The molecule has 0 radical (unpaired) electrons. The van der Waals surface area contributed by atoms with Crippen LogP contribution in [0.1, 0.15) is 38.2 Å². The zero-order valence-electron chi connectivity index (χ0n) is 11.8. The van der Waals surface area contributed by atoms with Crippen LogP contribution in [0, 0.1) is 6.92 Å². The van der Waals surface area contributed by atoms with Crippen molar-refractivity contribution in [3.63, 3.8) is 0 Å². The number of hydrogen-bond acceptors (Lipinski definition) is 2. The van der Waals surface area contributed by atoms with E-state index in [0.717, 1.165) is 4.68 Å². The van der Waals surface area contributed by atoms with E-state index in [-0.39, 0.29) is 11.6 Å². The average molecular weight is 312 g/mol. The molecule has 20 heavy (non-hydrogen) atoms. The van der Waals surface area contributed by atoms with Crippen molar-refractivity contribution in [2.45, 2.75) is 39.9 Å². The largest absolute Gasteiger partial charge is 0.436 e. The van der Waals surface area contributed by atoms with Crippen LogP contribution in [-0.4, -0.2) is 33.7 Å². The van der Waals surface area contributed by atoms with Gasteiger partial charge in [-0.3, -0.25) is 9.48 Å². The number of likely N-dealkylation sites (N-methyl/N-ethyl adjacent to an activating group) is 1. The lowest BCUT2D eigenvalue weighted by molar-refractivity contribution is -0.142. The van der Waals surface area contributed by atoms with Gasteiger partial charge >= 0.3 is 6.18 Å². The lowest BCUT2D eigenvalue weighted by Crippen LogP contribution is -2.36. The van der Waals surface area contributed by atoms with Crippen LogP contribution in [-0.2, 0) is 11.0 Å². The quantitative estimate of drug-likeness (QED) is 0.855. The highest BCUT2D eigenvalue weighted by Crippen LogP contribution is 2.36. The number of amides is 1. The second-order valence-corrected chi connectivity index (χ2v) is 4.75. The molecule has 0 aromatic carbocycles. The molecule has 1 rings (SSSR count). The predicted octanol–water partition coefficient (Wildman–Crippen LogP) is 3.29. The van der Waals surface area contributed by atoms with E-state index in [2.05, 4.69) is 5.10 Å². The highest BCUT2D eigenvalue weighted by molar-refractivity contribution is 6.32. The minimum Gasteiger partial charge on any atom is -0.341 e. The minimum atomic E-state index is -4.63. The third-order valence-electron chi connectivity index (χ3n) is 3.14. The van der Waals surface area contributed by atoms with Gasteiger partial charge in [0.2, 0.25) is 5.91 Å². The monoisotopic (exact) mass is 311 g/mol. The fraction of sp³-hybridized carbons (Fsp3) is 0.667. The van der Waals surface area contributed by atoms with Crippen molar-refractivity contribution >= 4 is 17.5 Å². The van der Waals surface area contributed by atoms with Crippen LogP contribution in [0.25, 0.3) is 0 Å². The number of hydrogen-bond donors (Lipinski definition) is 0. The third-order valence-corrected chi connectivity index (χ3v) is 3.60. The molecule has 114 valence electrons. The summed E-state index contributed by atoms with van der Waals surface area (Å²) >= 11 is 5.67. The molecule has 0 N–H and O–H groups in total. The zero-order chi connectivity index (χ0) is 15.7. The van der Waals surface area contributed by atoms with Gasteiger partial charge in [-0.15, -0.1) is 0 Å². The van der Waals surface area contributed by atoms with Gasteiger partial charge in [0.15, 0.2) is 5.69 Å². The maximum atomic E-state index is 12.7. The average Bonchev–Trinajstić information content (AvgIpc) is 2.66. The smallest absolute Gasteiger partial charge is 0.341 e. The molecule has 1 unspecified atom stereocenters. The molecular formula is C12H17ClF3N3O. The van der Waals surface area contributed by atoms with Crippen LogP contribution >= 0.6 is 11.6 Å². The Morgan fingerprint density at radius 2 is 1.90 bits per heavy atom. The molecule has 1 aromatic heterocycles. The summed E-state index contributed by atoms with van der Waals surface area (Å²) in [6.45, 7) is 7.50. The van der Waals surface area contributed by atoms with Crippen molar-refractivity contribution in [3.05, 3.63) is 16.4 Å². The fourth-order valence-corrected chi connectivity index (χ4v) is 2.19. The van der Waals surface area contributed by atoms with Gasteiger partial charge < -0.3 is 4.90 Å². The van der Waals surface area contributed by atoms with E-state index in [1.165, 1.54) is 18.7 Å². The molecule has 0 fully saturated rings. The molecule has 1 amide bonds. The van der Waals surface area contributed by atoms with Crippen LogP contribution in [0.15, 0.2) is 0 Å². The SMILES string of the molecule is CCN(CC)C(=O)C(C)n1nc(C(F)(F)F)c(Cl)c1C. The first-order chi connectivity index (χ1) is 9.15. The summed E-state index contributed by atoms with van der Waals surface area (Å²) in [7, 11) is 0. The van der Waals surface area contributed by atoms with Crippen molar-refractivity contribution < 1.29 is 18.0 Å². The molecule has 1 aromatic rings. The van der Waals surface area contributed by atoms with Crippen molar-refractivity contribution in [2.24, 2.45) is 0 Å². The molecule has 0 aliphatic carbocycles. The number of aromatic nitrogens is 2. The van der Waals surface area contributed by atoms with E-state index in [0.29, 0.717) is 13.1 Å². The molecule has 0 saturated carbocycles. The van der Waals surface area contributed by atoms with Gasteiger partial charge in [0.1, 0.15) is 6.04 Å². The summed E-state index contributed by atoms with van der Waals surface area (Å²) in [5, 5.41) is 3.00. The van der Waals surface area contributed by atoms with Crippen molar-refractivity contribution in [1.29, 1.82) is 0 Å². The van der Waals surface area contributed by atoms with Crippen molar-refractivity contribution in [2.75, 3.05) is 13.1 Å². The first kappa shape index (κ1) is 16.8. The van der Waals surface area contributed by atoms with Crippen LogP contribution < -0.4 is 0 Å². The van der Waals surface area contributed by atoms with Gasteiger partial charge in [-0.2, -0.15) is 18.3 Å². The molecule has 0 aliphatic rings. The molecule has 0 saturated heterocycles. The van der Waals surface area contributed by atoms with Crippen molar-refractivity contribution in [3.8, 4) is 0 Å². The molecule has 4 nitrogen and oxygen atoms in total. The Hall–Kier alpha value is -1.24. The molecule has 1 heterocycles. The highest BCUT2D eigenvalue weighted by Gasteiger charge is 2.39. The Labute approximate surface area is 120 Å². The van der Waals surface area contributed by atoms with Crippen LogP contribution in [0.2, 0.25) is 5.02 Å². The Balaban J connectivity index is 3.18. The topological polar surface area (TPSA) is 38.1 Å². The number of halogens is 4. The van der Waals surface area contributed by atoms with Crippen LogP contribution in [0.5, 0.6) is 0 Å². The number of carbonyl (C=O) groups excluding carboxylic acids is 1. The summed E-state index contributed by atoms with van der Waals surface area (Å²) in [4.78, 5) is 13.7. The summed E-state index contributed by atoms with van der Waals surface area (Å²) in [6, 6.07) is -0.830. The van der Waals surface area contributed by atoms with Gasteiger partial charge in [0.05, 0.1) is 10.7 Å². The Morgan fingerprint density at radius 3 is 2.25 bits per heavy atom. The van der Waals surface area contributed by atoms with E-state index >= 15 is 0 Å². The van der Waals surface area contributed by atoms with Crippen LogP contribution in [0.3, 0.4) is 0 Å². The maximum absolute atomic E-state index is 12.7. The molecule has 0 spiro atoms. The zero-order valence-corrected chi connectivity index (χ0v) is 12.5. The van der Waals surface area contributed by atoms with Gasteiger partial charge in [-0.05, 0) is 27.7 Å². The second kappa shape index (κ2) is 6.03. The number of nitrogens with zero attached hydrogens (tertiary/aromatic N) is 3. The van der Waals surface area contributed by atoms with Gasteiger partial charge in [-0.1, -0.05) is 11.6 Å². The summed E-state index contributed by atoms with van der Waals surface area (Å²) in [5.74, 6) is -0.286. The molecule has 1 atom stereocenters. The molecule has 0 aliphatic heterocycles. The van der Waals surface area contributed by atoms with Gasteiger partial charge in [-0.25, -0.2) is 0 Å². The summed E-state index contributed by atoms with van der Waals surface area (Å²) in [6.07, 6.45) is -4.63. The maximum Gasteiger partial charge on any atom is 0.436 e. The third kappa shape index (κ3) is 3.08. The summed E-state index contributed by atoms with van der Waals surface area (Å²) < 4.78 is 39.3. The Morgan fingerprint density at radius 1 is 1.40 bits per heavy atom. The highest BCUT2D eigenvalue weighted by atomic mass is 35.5. The van der Waals surface area contributed by atoms with Crippen molar-refractivity contribution in [1.82, 2.24) is 14.7 Å². The van der Waals surface area contributed by atoms with E-state index in [1.807, 2.05) is 0 Å². The second-order valence-electron chi connectivity index (χ2n) is 4.38. The predicted molar refractivity (Wildman–Crippen MR) is 69.6 cm³/mol. The first-order valence-corrected chi connectivity index (χ1v) is 6.63.